The standard InChI is InChI=1S/C19H24N6O2/c1-3-25-17(10-13(2)23-25)18(27)22-19-21-15-11-14(12-26)6-7-16(15)24(19)9-5-4-8-20/h6-7,10-12H,3-5,8-9,20H2,1-2H3,(H,21,22,27). The number of aromatic nitrogens is 4. The van der Waals surface area contributed by atoms with Crippen molar-refractivity contribution < 1.29 is 9.59 Å². The molecular weight excluding hydrogens is 344 g/mol. The highest BCUT2D eigenvalue weighted by molar-refractivity contribution is 6.03. The summed E-state index contributed by atoms with van der Waals surface area (Å²) < 4.78 is 3.62. The molecular formula is C19H24N6O2. The molecule has 3 aromatic rings. The summed E-state index contributed by atoms with van der Waals surface area (Å²) in [4.78, 5) is 28.4. The van der Waals surface area contributed by atoms with Gasteiger partial charge in [0.1, 0.15) is 12.0 Å². The SMILES string of the molecule is CCn1nc(C)cc1C(=O)Nc1nc2cc(C=O)ccc2n1CCCCN. The van der Waals surface area contributed by atoms with E-state index in [1.807, 2.05) is 24.5 Å². The summed E-state index contributed by atoms with van der Waals surface area (Å²) in [7, 11) is 0. The van der Waals surface area contributed by atoms with E-state index in [1.54, 1.807) is 22.9 Å². The molecule has 0 saturated heterocycles. The number of aldehydes is 1. The van der Waals surface area contributed by atoms with Crippen LogP contribution in [0.25, 0.3) is 11.0 Å². The van der Waals surface area contributed by atoms with Crippen LogP contribution in [0.3, 0.4) is 0 Å². The number of aryl methyl sites for hydroxylation is 3. The number of imidazole rings is 1. The number of amides is 1. The lowest BCUT2D eigenvalue weighted by atomic mass is 10.2. The highest BCUT2D eigenvalue weighted by Gasteiger charge is 2.18. The van der Waals surface area contributed by atoms with Crippen LogP contribution in [0.4, 0.5) is 5.95 Å². The maximum atomic E-state index is 12.8. The molecule has 1 aromatic carbocycles. The number of benzene rings is 1. The van der Waals surface area contributed by atoms with Crippen LogP contribution in [0.15, 0.2) is 24.3 Å². The minimum atomic E-state index is -0.261. The molecule has 0 aliphatic rings. The van der Waals surface area contributed by atoms with Crippen molar-refractivity contribution >= 4 is 29.2 Å². The van der Waals surface area contributed by atoms with Gasteiger partial charge in [-0.25, -0.2) is 4.98 Å². The third-order valence-corrected chi connectivity index (χ3v) is 4.40. The Kier molecular flexibility index (Phi) is 5.66. The number of hydrogen-bond donors (Lipinski definition) is 2. The van der Waals surface area contributed by atoms with Crippen molar-refractivity contribution in [3.8, 4) is 0 Å². The number of hydrogen-bond acceptors (Lipinski definition) is 5. The van der Waals surface area contributed by atoms with E-state index in [-0.39, 0.29) is 5.91 Å². The maximum Gasteiger partial charge on any atom is 0.276 e. The molecule has 2 aromatic heterocycles. The first-order valence-corrected chi connectivity index (χ1v) is 9.08. The van der Waals surface area contributed by atoms with Crippen LogP contribution in [0.2, 0.25) is 0 Å². The summed E-state index contributed by atoms with van der Waals surface area (Å²) in [5, 5.41) is 7.22. The lowest BCUT2D eigenvalue weighted by Crippen LogP contribution is -2.20. The van der Waals surface area contributed by atoms with Crippen LogP contribution in [-0.4, -0.2) is 38.1 Å². The van der Waals surface area contributed by atoms with E-state index >= 15 is 0 Å². The number of nitrogens with one attached hydrogen (secondary N) is 1. The van der Waals surface area contributed by atoms with Crippen molar-refractivity contribution in [2.45, 2.75) is 39.8 Å². The van der Waals surface area contributed by atoms with Gasteiger partial charge >= 0.3 is 0 Å². The fourth-order valence-electron chi connectivity index (χ4n) is 3.09. The van der Waals surface area contributed by atoms with Gasteiger partial charge in [0.15, 0.2) is 0 Å². The van der Waals surface area contributed by atoms with E-state index in [9.17, 15) is 9.59 Å². The minimum Gasteiger partial charge on any atom is -0.330 e. The zero-order chi connectivity index (χ0) is 19.4. The van der Waals surface area contributed by atoms with Gasteiger partial charge in [0.2, 0.25) is 5.95 Å². The van der Waals surface area contributed by atoms with Crippen molar-refractivity contribution in [1.29, 1.82) is 0 Å². The van der Waals surface area contributed by atoms with E-state index in [2.05, 4.69) is 15.4 Å². The average Bonchev–Trinajstić information content (AvgIpc) is 3.21. The Bertz CT molecular complexity index is 972. The number of nitrogens with two attached hydrogens (primary N) is 1. The second-order valence-electron chi connectivity index (χ2n) is 6.39. The fourth-order valence-corrected chi connectivity index (χ4v) is 3.09. The van der Waals surface area contributed by atoms with Crippen LogP contribution in [0, 0.1) is 6.92 Å². The summed E-state index contributed by atoms with van der Waals surface area (Å²) in [5.41, 5.74) is 8.97. The minimum absolute atomic E-state index is 0.261. The first-order valence-electron chi connectivity index (χ1n) is 9.08. The average molecular weight is 368 g/mol. The molecule has 8 nitrogen and oxygen atoms in total. The van der Waals surface area contributed by atoms with Gasteiger partial charge in [-0.1, -0.05) is 0 Å². The monoisotopic (exact) mass is 368 g/mol. The predicted octanol–water partition coefficient (Wildman–Crippen LogP) is 2.36. The molecule has 27 heavy (non-hydrogen) atoms. The summed E-state index contributed by atoms with van der Waals surface area (Å²) in [6.07, 6.45) is 2.53. The number of carbonyl (C=O) groups is 2. The van der Waals surface area contributed by atoms with Gasteiger partial charge in [-0.3, -0.25) is 19.6 Å². The zero-order valence-corrected chi connectivity index (χ0v) is 15.6. The highest BCUT2D eigenvalue weighted by atomic mass is 16.2. The molecule has 0 atom stereocenters. The van der Waals surface area contributed by atoms with Crippen LogP contribution >= 0.6 is 0 Å². The number of carbonyl (C=O) groups excluding carboxylic acids is 2. The third-order valence-electron chi connectivity index (χ3n) is 4.40. The van der Waals surface area contributed by atoms with Crippen molar-refractivity contribution in [3.05, 3.63) is 41.2 Å². The molecule has 2 heterocycles. The van der Waals surface area contributed by atoms with Crippen molar-refractivity contribution in [2.24, 2.45) is 5.73 Å². The summed E-state index contributed by atoms with van der Waals surface area (Å²) in [6.45, 7) is 5.68. The second kappa shape index (κ2) is 8.13. The van der Waals surface area contributed by atoms with E-state index in [1.165, 1.54) is 0 Å². The highest BCUT2D eigenvalue weighted by Crippen LogP contribution is 2.22. The number of anilines is 1. The maximum absolute atomic E-state index is 12.8. The van der Waals surface area contributed by atoms with Gasteiger partial charge in [-0.15, -0.1) is 0 Å². The van der Waals surface area contributed by atoms with Gasteiger partial charge in [0, 0.05) is 18.7 Å². The third kappa shape index (κ3) is 3.90. The Labute approximate surface area is 157 Å². The Morgan fingerprint density at radius 3 is 2.81 bits per heavy atom. The second-order valence-corrected chi connectivity index (χ2v) is 6.39. The quantitative estimate of drug-likeness (QED) is 0.469. The smallest absolute Gasteiger partial charge is 0.276 e. The Morgan fingerprint density at radius 1 is 1.30 bits per heavy atom. The number of rotatable bonds is 8. The zero-order valence-electron chi connectivity index (χ0n) is 15.6. The largest absolute Gasteiger partial charge is 0.330 e. The van der Waals surface area contributed by atoms with Crippen LogP contribution in [0.1, 0.15) is 46.3 Å². The molecule has 0 fully saturated rings. The summed E-state index contributed by atoms with van der Waals surface area (Å²) in [6, 6.07) is 7.07. The van der Waals surface area contributed by atoms with Gasteiger partial charge in [0.25, 0.3) is 5.91 Å². The van der Waals surface area contributed by atoms with Gasteiger partial charge in [0.05, 0.1) is 16.7 Å². The first kappa shape index (κ1) is 18.8. The fraction of sp³-hybridized carbons (Fsp3) is 0.368. The van der Waals surface area contributed by atoms with Crippen LogP contribution in [-0.2, 0) is 13.1 Å². The lowest BCUT2D eigenvalue weighted by Gasteiger charge is -2.10. The van der Waals surface area contributed by atoms with E-state index in [0.717, 1.165) is 30.3 Å². The lowest BCUT2D eigenvalue weighted by molar-refractivity contribution is 0.101. The normalized spacial score (nSPS) is 11.1. The van der Waals surface area contributed by atoms with Crippen LogP contribution in [0.5, 0.6) is 0 Å². The van der Waals surface area contributed by atoms with Crippen molar-refractivity contribution in [2.75, 3.05) is 11.9 Å². The molecule has 1 amide bonds. The number of unbranched alkanes of at least 4 members (excludes halogenated alkanes) is 1. The molecule has 0 aliphatic carbocycles. The Morgan fingerprint density at radius 2 is 2.11 bits per heavy atom. The summed E-state index contributed by atoms with van der Waals surface area (Å²) >= 11 is 0. The van der Waals surface area contributed by atoms with E-state index < -0.39 is 0 Å². The Balaban J connectivity index is 1.96. The van der Waals surface area contributed by atoms with E-state index in [4.69, 9.17) is 5.73 Å². The molecule has 0 aliphatic heterocycles. The molecule has 0 saturated carbocycles. The topological polar surface area (TPSA) is 108 Å². The molecule has 8 heteroatoms. The van der Waals surface area contributed by atoms with Gasteiger partial charge in [-0.05, 0) is 57.5 Å². The molecule has 0 bridgehead atoms. The molecule has 0 spiro atoms. The van der Waals surface area contributed by atoms with E-state index in [0.29, 0.717) is 42.4 Å². The molecule has 0 unspecified atom stereocenters. The number of nitrogens with zero attached hydrogens (tertiary/aromatic N) is 4. The van der Waals surface area contributed by atoms with Gasteiger partial charge < -0.3 is 10.3 Å². The molecule has 0 radical (unpaired) electrons. The molecule has 142 valence electrons. The van der Waals surface area contributed by atoms with Crippen LogP contribution < -0.4 is 11.1 Å². The Hall–Kier alpha value is -3.00. The first-order chi connectivity index (χ1) is 13.1. The van der Waals surface area contributed by atoms with Gasteiger partial charge in [-0.2, -0.15) is 5.10 Å². The molecule has 3 rings (SSSR count). The van der Waals surface area contributed by atoms with Crippen molar-refractivity contribution in [1.82, 2.24) is 19.3 Å². The number of fused-ring (bicyclic) bond motifs is 1. The predicted molar refractivity (Wildman–Crippen MR) is 104 cm³/mol. The molecule has 3 N–H and O–H groups in total. The summed E-state index contributed by atoms with van der Waals surface area (Å²) in [5.74, 6) is 0.194. The van der Waals surface area contributed by atoms with Crippen molar-refractivity contribution in [3.63, 3.8) is 0 Å².